The average molecular weight is 237 g/mol. The average Bonchev–Trinajstić information content (AvgIpc) is 2.98. The van der Waals surface area contributed by atoms with Crippen molar-refractivity contribution in [1.82, 2.24) is 15.5 Å². The van der Waals surface area contributed by atoms with E-state index >= 15 is 0 Å². The summed E-state index contributed by atoms with van der Waals surface area (Å²) in [5.74, 6) is 1.84. The molecular formula is C12H19N3O2. The van der Waals surface area contributed by atoms with Crippen LogP contribution in [-0.4, -0.2) is 29.4 Å². The van der Waals surface area contributed by atoms with Gasteiger partial charge in [0.05, 0.1) is 18.1 Å². The van der Waals surface area contributed by atoms with E-state index in [9.17, 15) is 0 Å². The fraction of sp³-hybridized carbons (Fsp3) is 0.833. The van der Waals surface area contributed by atoms with E-state index in [1.54, 1.807) is 0 Å². The summed E-state index contributed by atoms with van der Waals surface area (Å²) in [6.07, 6.45) is 4.78. The molecule has 17 heavy (non-hydrogen) atoms. The molecule has 0 radical (unpaired) electrons. The zero-order valence-corrected chi connectivity index (χ0v) is 10.2. The Morgan fingerprint density at radius 2 is 2.24 bits per heavy atom. The van der Waals surface area contributed by atoms with Gasteiger partial charge in [0, 0.05) is 6.61 Å². The third-order valence-electron chi connectivity index (χ3n) is 3.77. The Hall–Kier alpha value is -0.940. The summed E-state index contributed by atoms with van der Waals surface area (Å²) in [6.45, 7) is 3.92. The number of piperidine rings is 1. The van der Waals surface area contributed by atoms with Crippen LogP contribution in [0.3, 0.4) is 0 Å². The van der Waals surface area contributed by atoms with Gasteiger partial charge in [0.1, 0.15) is 0 Å². The van der Waals surface area contributed by atoms with Crippen molar-refractivity contribution in [3.8, 4) is 0 Å². The van der Waals surface area contributed by atoms with Crippen molar-refractivity contribution in [1.29, 1.82) is 0 Å². The zero-order chi connectivity index (χ0) is 11.7. The van der Waals surface area contributed by atoms with Gasteiger partial charge in [-0.1, -0.05) is 11.6 Å². The van der Waals surface area contributed by atoms with E-state index in [4.69, 9.17) is 9.26 Å². The Morgan fingerprint density at radius 1 is 1.29 bits per heavy atom. The number of hydrogen-bond acceptors (Lipinski definition) is 5. The van der Waals surface area contributed by atoms with Crippen LogP contribution in [0.1, 0.15) is 56.3 Å². The molecular weight excluding hydrogens is 218 g/mol. The number of ether oxygens (including phenoxy) is 1. The Balaban J connectivity index is 1.73. The van der Waals surface area contributed by atoms with Crippen molar-refractivity contribution in [3.63, 3.8) is 0 Å². The van der Waals surface area contributed by atoms with Gasteiger partial charge < -0.3 is 14.6 Å². The fourth-order valence-electron chi connectivity index (χ4n) is 2.67. The quantitative estimate of drug-likeness (QED) is 0.849. The van der Waals surface area contributed by atoms with Gasteiger partial charge in [0.15, 0.2) is 5.82 Å². The standard InChI is InChI=1S/C12H19N3O2/c1-8-9(5-7-16-8)12-14-11(15-17-12)10-4-2-3-6-13-10/h8-10,13H,2-7H2,1H3. The van der Waals surface area contributed by atoms with E-state index < -0.39 is 0 Å². The Morgan fingerprint density at radius 3 is 2.94 bits per heavy atom. The number of hydrogen-bond donors (Lipinski definition) is 1. The highest BCUT2D eigenvalue weighted by molar-refractivity contribution is 5.02. The fourth-order valence-corrected chi connectivity index (χ4v) is 2.67. The molecule has 2 fully saturated rings. The highest BCUT2D eigenvalue weighted by Gasteiger charge is 2.31. The first-order chi connectivity index (χ1) is 8.34. The first-order valence-corrected chi connectivity index (χ1v) is 6.53. The van der Waals surface area contributed by atoms with Gasteiger partial charge in [-0.25, -0.2) is 0 Å². The minimum atomic E-state index is 0.197. The lowest BCUT2D eigenvalue weighted by Gasteiger charge is -2.19. The topological polar surface area (TPSA) is 60.2 Å². The smallest absolute Gasteiger partial charge is 0.232 e. The molecule has 2 aliphatic rings. The highest BCUT2D eigenvalue weighted by Crippen LogP contribution is 2.31. The lowest BCUT2D eigenvalue weighted by atomic mass is 10.0. The van der Waals surface area contributed by atoms with Crippen LogP contribution < -0.4 is 5.32 Å². The molecule has 1 aromatic rings. The van der Waals surface area contributed by atoms with Crippen molar-refractivity contribution in [2.24, 2.45) is 0 Å². The molecule has 0 aliphatic carbocycles. The van der Waals surface area contributed by atoms with Crippen molar-refractivity contribution in [2.75, 3.05) is 13.2 Å². The van der Waals surface area contributed by atoms with Gasteiger partial charge in [0.25, 0.3) is 0 Å². The van der Waals surface area contributed by atoms with Crippen LogP contribution in [0.15, 0.2) is 4.52 Å². The molecule has 0 spiro atoms. The van der Waals surface area contributed by atoms with Crippen LogP contribution in [-0.2, 0) is 4.74 Å². The second kappa shape index (κ2) is 4.74. The third-order valence-corrected chi connectivity index (χ3v) is 3.77. The van der Waals surface area contributed by atoms with E-state index in [0.717, 1.165) is 37.7 Å². The van der Waals surface area contributed by atoms with Gasteiger partial charge in [-0.3, -0.25) is 0 Å². The first kappa shape index (κ1) is 11.2. The van der Waals surface area contributed by atoms with Crippen LogP contribution in [0.2, 0.25) is 0 Å². The minimum Gasteiger partial charge on any atom is -0.378 e. The molecule has 1 aromatic heterocycles. The van der Waals surface area contributed by atoms with Crippen molar-refractivity contribution in [3.05, 3.63) is 11.7 Å². The largest absolute Gasteiger partial charge is 0.378 e. The molecule has 3 rings (SSSR count). The maximum Gasteiger partial charge on any atom is 0.232 e. The Bertz CT molecular complexity index is 374. The summed E-state index contributed by atoms with van der Waals surface area (Å²) in [5, 5.41) is 7.55. The Labute approximate surface area is 101 Å². The van der Waals surface area contributed by atoms with Crippen LogP contribution >= 0.6 is 0 Å². The lowest BCUT2D eigenvalue weighted by molar-refractivity contribution is 0.113. The first-order valence-electron chi connectivity index (χ1n) is 6.53. The van der Waals surface area contributed by atoms with Gasteiger partial charge in [0.2, 0.25) is 5.89 Å². The summed E-state index contributed by atoms with van der Waals surface area (Å²) >= 11 is 0. The molecule has 2 aliphatic heterocycles. The zero-order valence-electron chi connectivity index (χ0n) is 10.2. The summed E-state index contributed by atoms with van der Waals surface area (Å²) in [4.78, 5) is 4.55. The molecule has 94 valence electrons. The van der Waals surface area contributed by atoms with Gasteiger partial charge >= 0.3 is 0 Å². The molecule has 0 aromatic carbocycles. The van der Waals surface area contributed by atoms with Gasteiger partial charge in [-0.05, 0) is 32.7 Å². The maximum absolute atomic E-state index is 5.53. The molecule has 5 heteroatoms. The molecule has 0 amide bonds. The normalized spacial score (nSPS) is 34.1. The number of nitrogens with zero attached hydrogens (tertiary/aromatic N) is 2. The second-order valence-corrected chi connectivity index (χ2v) is 4.96. The molecule has 0 bridgehead atoms. The van der Waals surface area contributed by atoms with Crippen molar-refractivity contribution < 1.29 is 9.26 Å². The van der Waals surface area contributed by atoms with E-state index in [1.165, 1.54) is 12.8 Å². The van der Waals surface area contributed by atoms with Crippen molar-refractivity contribution >= 4 is 0 Å². The summed E-state index contributed by atoms with van der Waals surface area (Å²) < 4.78 is 10.9. The number of aromatic nitrogens is 2. The molecule has 2 saturated heterocycles. The molecule has 5 nitrogen and oxygen atoms in total. The van der Waals surface area contributed by atoms with E-state index in [1.807, 2.05) is 0 Å². The Kier molecular flexibility index (Phi) is 3.11. The highest BCUT2D eigenvalue weighted by atomic mass is 16.5. The summed E-state index contributed by atoms with van der Waals surface area (Å²) in [7, 11) is 0. The van der Waals surface area contributed by atoms with E-state index in [2.05, 4.69) is 22.4 Å². The predicted molar refractivity (Wildman–Crippen MR) is 61.7 cm³/mol. The minimum absolute atomic E-state index is 0.197. The van der Waals surface area contributed by atoms with Crippen molar-refractivity contribution in [2.45, 2.75) is 50.7 Å². The van der Waals surface area contributed by atoms with Crippen LogP contribution in [0.5, 0.6) is 0 Å². The number of nitrogens with one attached hydrogen (secondary N) is 1. The lowest BCUT2D eigenvalue weighted by Crippen LogP contribution is -2.27. The maximum atomic E-state index is 5.53. The molecule has 3 unspecified atom stereocenters. The monoisotopic (exact) mass is 237 g/mol. The van der Waals surface area contributed by atoms with Gasteiger partial charge in [-0.2, -0.15) is 4.98 Å². The SMILES string of the molecule is CC1OCCC1c1nc(C2CCCCN2)no1. The van der Waals surface area contributed by atoms with Gasteiger partial charge in [-0.15, -0.1) is 0 Å². The second-order valence-electron chi connectivity index (χ2n) is 4.96. The summed E-state index contributed by atoms with van der Waals surface area (Å²) in [6, 6.07) is 0.277. The van der Waals surface area contributed by atoms with Crippen LogP contribution in [0.4, 0.5) is 0 Å². The van der Waals surface area contributed by atoms with E-state index in [-0.39, 0.29) is 18.1 Å². The molecule has 3 atom stereocenters. The van der Waals surface area contributed by atoms with E-state index in [0.29, 0.717) is 0 Å². The van der Waals surface area contributed by atoms with Crippen LogP contribution in [0.25, 0.3) is 0 Å². The molecule has 1 N–H and O–H groups in total. The summed E-state index contributed by atoms with van der Waals surface area (Å²) in [5.41, 5.74) is 0. The third kappa shape index (κ3) is 2.21. The predicted octanol–water partition coefficient (Wildman–Crippen LogP) is 1.78. The molecule has 0 saturated carbocycles. The number of rotatable bonds is 2. The molecule has 3 heterocycles. The van der Waals surface area contributed by atoms with Crippen LogP contribution in [0, 0.1) is 0 Å².